The number of pyridine rings is 3. The monoisotopic (exact) mass is 701 g/mol. The summed E-state index contributed by atoms with van der Waals surface area (Å²) in [7, 11) is 0. The van der Waals surface area contributed by atoms with Crippen molar-refractivity contribution in [1.82, 2.24) is 43.6 Å². The zero-order valence-electron chi connectivity index (χ0n) is 30.1. The van der Waals surface area contributed by atoms with E-state index in [0.717, 1.165) is 78.6 Å². The number of allylic oxidation sites excluding steroid dienone is 4. The van der Waals surface area contributed by atoms with Gasteiger partial charge in [-0.25, -0.2) is 29.9 Å². The zero-order chi connectivity index (χ0) is 36.8. The van der Waals surface area contributed by atoms with Crippen molar-refractivity contribution in [2.45, 2.75) is 20.8 Å². The molecular formula is C45H35N9. The second kappa shape index (κ2) is 13.4. The van der Waals surface area contributed by atoms with Crippen LogP contribution in [0, 0.1) is 20.8 Å². The van der Waals surface area contributed by atoms with Crippen LogP contribution in [0.3, 0.4) is 0 Å². The van der Waals surface area contributed by atoms with Crippen LogP contribution in [0.5, 0.6) is 0 Å². The van der Waals surface area contributed by atoms with E-state index in [1.807, 2.05) is 84.9 Å². The molecule has 0 N–H and O–H groups in total. The molecule has 0 fully saturated rings. The Kier molecular flexibility index (Phi) is 8.08. The van der Waals surface area contributed by atoms with Crippen LogP contribution in [0.15, 0.2) is 147 Å². The van der Waals surface area contributed by atoms with Gasteiger partial charge >= 0.3 is 0 Å². The molecule has 0 aliphatic carbocycles. The summed E-state index contributed by atoms with van der Waals surface area (Å²) in [5.74, 6) is 2.10. The predicted octanol–water partition coefficient (Wildman–Crippen LogP) is 9.62. The van der Waals surface area contributed by atoms with Crippen LogP contribution in [0.25, 0.3) is 67.8 Å². The van der Waals surface area contributed by atoms with Gasteiger partial charge < -0.3 is 0 Å². The molecule has 0 aliphatic rings. The minimum Gasteiger partial charge on any atom is -0.277 e. The number of hydrogen-bond acceptors (Lipinski definition) is 6. The number of hydrogen-bond donors (Lipinski definition) is 0. The summed E-state index contributed by atoms with van der Waals surface area (Å²) >= 11 is 0. The van der Waals surface area contributed by atoms with Gasteiger partial charge in [0, 0.05) is 29.7 Å². The Bertz CT molecular complexity index is 2960. The minimum atomic E-state index is 0.678. The van der Waals surface area contributed by atoms with Gasteiger partial charge in [0.15, 0.2) is 16.9 Å². The van der Waals surface area contributed by atoms with E-state index in [1.165, 1.54) is 0 Å². The van der Waals surface area contributed by atoms with Crippen LogP contribution in [0.4, 0.5) is 0 Å². The minimum absolute atomic E-state index is 0.678. The molecule has 260 valence electrons. The molecule has 0 radical (unpaired) electrons. The molecule has 0 bridgehead atoms. The van der Waals surface area contributed by atoms with E-state index in [0.29, 0.717) is 17.2 Å². The first kappa shape index (κ1) is 32.6. The maximum atomic E-state index is 5.23. The molecule has 6 heterocycles. The lowest BCUT2D eigenvalue weighted by Gasteiger charge is -2.14. The summed E-state index contributed by atoms with van der Waals surface area (Å²) in [5.41, 5.74) is 12.3. The van der Waals surface area contributed by atoms with Gasteiger partial charge in [0.25, 0.3) is 0 Å². The smallest absolute Gasteiger partial charge is 0.164 e. The lowest BCUT2D eigenvalue weighted by Crippen LogP contribution is -2.05. The largest absolute Gasteiger partial charge is 0.277 e. The van der Waals surface area contributed by atoms with Crippen molar-refractivity contribution in [3.8, 4) is 17.1 Å². The van der Waals surface area contributed by atoms with Gasteiger partial charge in [0.1, 0.15) is 34.0 Å². The molecule has 54 heavy (non-hydrogen) atoms. The lowest BCUT2D eigenvalue weighted by molar-refractivity contribution is 1.02. The summed E-state index contributed by atoms with van der Waals surface area (Å²) in [5, 5.41) is 0. The molecule has 0 saturated heterocycles. The number of rotatable bonds is 8. The molecule has 0 aliphatic heterocycles. The topological polar surface area (TPSA) is 92.1 Å². The molecule has 3 aromatic carbocycles. The molecule has 0 amide bonds. The predicted molar refractivity (Wildman–Crippen MR) is 217 cm³/mol. The van der Waals surface area contributed by atoms with Crippen LogP contribution >= 0.6 is 0 Å². The van der Waals surface area contributed by atoms with Crippen LogP contribution in [0.2, 0.25) is 0 Å². The van der Waals surface area contributed by atoms with Gasteiger partial charge in [-0.05, 0) is 110 Å². The van der Waals surface area contributed by atoms with E-state index in [4.69, 9.17) is 29.9 Å². The second-order valence-corrected chi connectivity index (χ2v) is 13.2. The highest BCUT2D eigenvalue weighted by atomic mass is 15.2. The third-order valence-corrected chi connectivity index (χ3v) is 9.63. The first-order chi connectivity index (χ1) is 26.5. The van der Waals surface area contributed by atoms with Crippen LogP contribution in [-0.2, 0) is 0 Å². The summed E-state index contributed by atoms with van der Waals surface area (Å²) in [6.45, 7) is 10.9. The zero-order valence-corrected chi connectivity index (χ0v) is 30.1. The van der Waals surface area contributed by atoms with E-state index in [-0.39, 0.29) is 0 Å². The van der Waals surface area contributed by atoms with E-state index >= 15 is 0 Å². The fourth-order valence-electron chi connectivity index (χ4n) is 7.02. The summed E-state index contributed by atoms with van der Waals surface area (Å²) in [6, 6.07) is 36.4. The van der Waals surface area contributed by atoms with Gasteiger partial charge in [-0.1, -0.05) is 61.2 Å². The standard InChI is InChI=1S/C45H35N9/c1-29-14-5-8-20-37(29)52-40(49-34-17-11-25-46-43(34)52)24-23-33(42-51-36-19-13-27-48-45(36)54(42)39-22-10-7-16-31(39)3)28-32(4)41-50-35-18-12-26-47-44(35)53(41)38-21-9-6-15-30(38)2/h5-28H,4H2,1-3H3/b24-23+,33-28+. The summed E-state index contributed by atoms with van der Waals surface area (Å²) in [6.07, 6.45) is 11.5. The van der Waals surface area contributed by atoms with Gasteiger partial charge in [0.2, 0.25) is 0 Å². The number of nitrogens with zero attached hydrogens (tertiary/aromatic N) is 9. The third-order valence-electron chi connectivity index (χ3n) is 9.63. The highest BCUT2D eigenvalue weighted by Crippen LogP contribution is 2.33. The number of fused-ring (bicyclic) bond motifs is 3. The summed E-state index contributed by atoms with van der Waals surface area (Å²) in [4.78, 5) is 29.7. The molecule has 6 aromatic heterocycles. The Labute approximate surface area is 312 Å². The number of para-hydroxylation sites is 3. The highest BCUT2D eigenvalue weighted by molar-refractivity contribution is 5.91. The quantitative estimate of drug-likeness (QED) is 0.147. The first-order valence-corrected chi connectivity index (χ1v) is 17.7. The van der Waals surface area contributed by atoms with Crippen molar-refractivity contribution >= 4 is 50.7 Å². The van der Waals surface area contributed by atoms with Crippen molar-refractivity contribution in [3.63, 3.8) is 0 Å². The average Bonchev–Trinajstić information content (AvgIpc) is 3.89. The number of benzene rings is 3. The molecule has 9 heteroatoms. The van der Waals surface area contributed by atoms with Crippen molar-refractivity contribution in [2.24, 2.45) is 0 Å². The molecule has 9 aromatic rings. The molecule has 0 unspecified atom stereocenters. The first-order valence-electron chi connectivity index (χ1n) is 17.7. The van der Waals surface area contributed by atoms with Gasteiger partial charge in [0.05, 0.1) is 17.1 Å². The van der Waals surface area contributed by atoms with Crippen molar-refractivity contribution in [2.75, 3.05) is 0 Å². The maximum absolute atomic E-state index is 5.23. The average molecular weight is 702 g/mol. The molecule has 9 rings (SSSR count). The van der Waals surface area contributed by atoms with Gasteiger partial charge in [-0.2, -0.15) is 0 Å². The van der Waals surface area contributed by atoms with Crippen molar-refractivity contribution in [1.29, 1.82) is 0 Å². The third kappa shape index (κ3) is 5.59. The Hall–Kier alpha value is -7.26. The molecule has 0 atom stereocenters. The fraction of sp³-hybridized carbons (Fsp3) is 0.0667. The Morgan fingerprint density at radius 2 is 0.926 bits per heavy atom. The SMILES string of the molecule is C=C(/C=C(\C=C\c1nc2cccnc2n1-c1ccccc1C)c1nc2cccnc2n1-c1ccccc1C)c1nc2cccnc2n1-c1ccccc1C. The van der Waals surface area contributed by atoms with E-state index < -0.39 is 0 Å². The Morgan fingerprint density at radius 1 is 0.500 bits per heavy atom. The number of aromatic nitrogens is 9. The van der Waals surface area contributed by atoms with Gasteiger partial charge in [-0.3, -0.25) is 13.7 Å². The second-order valence-electron chi connectivity index (χ2n) is 13.2. The summed E-state index contributed by atoms with van der Waals surface area (Å²) < 4.78 is 6.30. The Morgan fingerprint density at radius 3 is 1.44 bits per heavy atom. The van der Waals surface area contributed by atoms with Gasteiger partial charge in [-0.15, -0.1) is 0 Å². The van der Waals surface area contributed by atoms with E-state index in [9.17, 15) is 0 Å². The molecule has 0 saturated carbocycles. The molecule has 0 spiro atoms. The van der Waals surface area contributed by atoms with E-state index in [2.05, 4.69) is 83.5 Å². The highest BCUT2D eigenvalue weighted by Gasteiger charge is 2.21. The lowest BCUT2D eigenvalue weighted by atomic mass is 10.1. The fourth-order valence-corrected chi connectivity index (χ4v) is 7.02. The maximum Gasteiger partial charge on any atom is 0.164 e. The number of aryl methyl sites for hydroxylation is 3. The molecule has 9 nitrogen and oxygen atoms in total. The normalized spacial score (nSPS) is 12.1. The van der Waals surface area contributed by atoms with Crippen molar-refractivity contribution in [3.05, 3.63) is 181 Å². The van der Waals surface area contributed by atoms with Crippen LogP contribution in [-0.4, -0.2) is 43.6 Å². The van der Waals surface area contributed by atoms with E-state index in [1.54, 1.807) is 18.6 Å². The van der Waals surface area contributed by atoms with Crippen LogP contribution in [0.1, 0.15) is 34.2 Å². The van der Waals surface area contributed by atoms with Crippen molar-refractivity contribution < 1.29 is 0 Å². The molecular weight excluding hydrogens is 667 g/mol. The Balaban J connectivity index is 1.30. The van der Waals surface area contributed by atoms with Crippen LogP contribution < -0.4 is 0 Å². The number of imidazole rings is 3.